The van der Waals surface area contributed by atoms with Gasteiger partial charge in [-0.25, -0.2) is 6.57 Å². The molecule has 2 heteroatoms. The largest absolute Gasteiger partial charge is 0.496 e. The molecular formula is C14H17NO. The van der Waals surface area contributed by atoms with E-state index in [2.05, 4.69) is 10.9 Å². The molecule has 0 aromatic heterocycles. The van der Waals surface area contributed by atoms with Crippen molar-refractivity contribution in [2.45, 2.75) is 31.1 Å². The quantitative estimate of drug-likeness (QED) is 0.704. The predicted octanol–water partition coefficient (Wildman–Crippen LogP) is 3.43. The Labute approximate surface area is 97.1 Å². The Morgan fingerprint density at radius 2 is 2.00 bits per heavy atom. The average Bonchev–Trinajstić information content (AvgIpc) is 2.79. The highest BCUT2D eigenvalue weighted by Crippen LogP contribution is 2.44. The normalized spacial score (nSPS) is 18.0. The van der Waals surface area contributed by atoms with Gasteiger partial charge in [-0.1, -0.05) is 31.0 Å². The van der Waals surface area contributed by atoms with Crippen LogP contribution in [0, 0.1) is 6.57 Å². The van der Waals surface area contributed by atoms with Crippen molar-refractivity contribution in [1.29, 1.82) is 0 Å². The molecule has 0 aliphatic heterocycles. The molecule has 1 aliphatic carbocycles. The zero-order valence-electron chi connectivity index (χ0n) is 9.70. The summed E-state index contributed by atoms with van der Waals surface area (Å²) in [4.78, 5) is 3.64. The van der Waals surface area contributed by atoms with E-state index < -0.39 is 0 Å². The van der Waals surface area contributed by atoms with Gasteiger partial charge in [0.25, 0.3) is 0 Å². The summed E-state index contributed by atoms with van der Waals surface area (Å²) >= 11 is 0. The first-order valence-electron chi connectivity index (χ1n) is 5.79. The molecule has 16 heavy (non-hydrogen) atoms. The standard InChI is InChI=1S/C14H17NO/c1-15-11-14(9-5-6-10-14)12-7-3-4-8-13(12)16-2/h3-4,7-8H,5-6,9-11H2,2H3. The summed E-state index contributed by atoms with van der Waals surface area (Å²) < 4.78 is 5.43. The van der Waals surface area contributed by atoms with Crippen molar-refractivity contribution in [3.05, 3.63) is 41.2 Å². The van der Waals surface area contributed by atoms with Gasteiger partial charge in [-0.15, -0.1) is 0 Å². The summed E-state index contributed by atoms with van der Waals surface area (Å²) in [5.41, 5.74) is 1.28. The number of benzene rings is 1. The van der Waals surface area contributed by atoms with Crippen LogP contribution in [-0.2, 0) is 5.41 Å². The Hall–Kier alpha value is -1.49. The molecule has 0 amide bonds. The number of hydrogen-bond acceptors (Lipinski definition) is 1. The van der Waals surface area contributed by atoms with Crippen LogP contribution < -0.4 is 4.74 Å². The minimum absolute atomic E-state index is 0.0500. The summed E-state index contributed by atoms with van der Waals surface area (Å²) in [6.45, 7) is 7.74. The van der Waals surface area contributed by atoms with E-state index in [-0.39, 0.29) is 5.41 Å². The van der Waals surface area contributed by atoms with Crippen molar-refractivity contribution in [3.8, 4) is 5.75 Å². The van der Waals surface area contributed by atoms with Gasteiger partial charge in [-0.05, 0) is 18.9 Å². The van der Waals surface area contributed by atoms with E-state index in [1.807, 2.05) is 18.2 Å². The average molecular weight is 215 g/mol. The van der Waals surface area contributed by atoms with Crippen LogP contribution in [0.5, 0.6) is 5.75 Å². The summed E-state index contributed by atoms with van der Waals surface area (Å²) in [5.74, 6) is 0.938. The topological polar surface area (TPSA) is 13.6 Å². The van der Waals surface area contributed by atoms with Crippen LogP contribution >= 0.6 is 0 Å². The molecule has 0 radical (unpaired) electrons. The van der Waals surface area contributed by atoms with Crippen molar-refractivity contribution in [3.63, 3.8) is 0 Å². The van der Waals surface area contributed by atoms with Crippen LogP contribution in [0.15, 0.2) is 24.3 Å². The molecule has 1 aliphatic rings. The van der Waals surface area contributed by atoms with Gasteiger partial charge < -0.3 is 9.58 Å². The van der Waals surface area contributed by atoms with Gasteiger partial charge in [-0.2, -0.15) is 0 Å². The molecule has 1 saturated carbocycles. The Balaban J connectivity index is 2.43. The smallest absolute Gasteiger partial charge is 0.224 e. The molecule has 2 rings (SSSR count). The molecule has 0 unspecified atom stereocenters. The molecule has 2 nitrogen and oxygen atoms in total. The van der Waals surface area contributed by atoms with E-state index in [1.54, 1.807) is 7.11 Å². The number of methoxy groups -OCH3 is 1. The van der Waals surface area contributed by atoms with Crippen LogP contribution in [0.1, 0.15) is 31.2 Å². The fraction of sp³-hybridized carbons (Fsp3) is 0.500. The van der Waals surface area contributed by atoms with Crippen molar-refractivity contribution in [2.75, 3.05) is 13.7 Å². The van der Waals surface area contributed by atoms with Crippen LogP contribution in [0.25, 0.3) is 4.85 Å². The number of nitrogens with zero attached hydrogens (tertiary/aromatic N) is 1. The summed E-state index contributed by atoms with van der Waals surface area (Å²) in [7, 11) is 1.71. The fourth-order valence-corrected chi connectivity index (χ4v) is 2.80. The third-order valence-corrected chi connectivity index (χ3v) is 3.62. The second-order valence-corrected chi connectivity index (χ2v) is 4.50. The van der Waals surface area contributed by atoms with E-state index in [1.165, 1.54) is 18.4 Å². The number of rotatable bonds is 3. The molecule has 0 heterocycles. The molecule has 1 fully saturated rings. The molecule has 84 valence electrons. The highest BCUT2D eigenvalue weighted by molar-refractivity contribution is 5.41. The fourth-order valence-electron chi connectivity index (χ4n) is 2.80. The first-order valence-corrected chi connectivity index (χ1v) is 5.79. The van der Waals surface area contributed by atoms with Crippen molar-refractivity contribution >= 4 is 0 Å². The predicted molar refractivity (Wildman–Crippen MR) is 64.6 cm³/mol. The number of para-hydroxylation sites is 1. The van der Waals surface area contributed by atoms with Crippen molar-refractivity contribution < 1.29 is 4.74 Å². The van der Waals surface area contributed by atoms with Crippen LogP contribution in [0.2, 0.25) is 0 Å². The highest BCUT2D eigenvalue weighted by atomic mass is 16.5. The molecule has 0 atom stereocenters. The molecule has 1 aromatic carbocycles. The third kappa shape index (κ3) is 1.78. The van der Waals surface area contributed by atoms with Gasteiger partial charge in [0.1, 0.15) is 5.75 Å². The SMILES string of the molecule is [C-]#[N+]CC1(c2ccccc2OC)CCCC1. The van der Waals surface area contributed by atoms with Crippen LogP contribution in [0.4, 0.5) is 0 Å². The molecule has 0 spiro atoms. The minimum atomic E-state index is 0.0500. The Morgan fingerprint density at radius 1 is 1.31 bits per heavy atom. The van der Waals surface area contributed by atoms with Gasteiger partial charge >= 0.3 is 0 Å². The summed E-state index contributed by atoms with van der Waals surface area (Å²) in [6.07, 6.45) is 4.70. The maximum atomic E-state index is 7.15. The first-order chi connectivity index (χ1) is 7.82. The molecule has 1 aromatic rings. The maximum absolute atomic E-state index is 7.15. The van der Waals surface area contributed by atoms with E-state index in [4.69, 9.17) is 11.3 Å². The monoisotopic (exact) mass is 215 g/mol. The van der Waals surface area contributed by atoms with Gasteiger partial charge in [-0.3, -0.25) is 0 Å². The second-order valence-electron chi connectivity index (χ2n) is 4.50. The molecular weight excluding hydrogens is 198 g/mol. The van der Waals surface area contributed by atoms with Gasteiger partial charge in [0.05, 0.1) is 12.5 Å². The Morgan fingerprint density at radius 3 is 2.62 bits per heavy atom. The van der Waals surface area contributed by atoms with Crippen molar-refractivity contribution in [2.24, 2.45) is 0 Å². The number of hydrogen-bond donors (Lipinski definition) is 0. The lowest BCUT2D eigenvalue weighted by molar-refractivity contribution is 0.384. The summed E-state index contributed by atoms with van der Waals surface area (Å²) in [6, 6.07) is 8.15. The Kier molecular flexibility index (Phi) is 3.14. The van der Waals surface area contributed by atoms with Gasteiger partial charge in [0.15, 0.2) is 0 Å². The van der Waals surface area contributed by atoms with Gasteiger partial charge in [0.2, 0.25) is 6.54 Å². The number of ether oxygens (including phenoxy) is 1. The maximum Gasteiger partial charge on any atom is 0.224 e. The zero-order valence-corrected chi connectivity index (χ0v) is 9.70. The van der Waals surface area contributed by atoms with Crippen LogP contribution in [0.3, 0.4) is 0 Å². The summed E-state index contributed by atoms with van der Waals surface area (Å²) in [5, 5.41) is 0. The zero-order chi connectivity index (χ0) is 11.4. The lowest BCUT2D eigenvalue weighted by Crippen LogP contribution is -2.25. The third-order valence-electron chi connectivity index (χ3n) is 3.62. The highest BCUT2D eigenvalue weighted by Gasteiger charge is 2.40. The van der Waals surface area contributed by atoms with Crippen LogP contribution in [-0.4, -0.2) is 13.7 Å². The minimum Gasteiger partial charge on any atom is -0.496 e. The molecule has 0 N–H and O–H groups in total. The van der Waals surface area contributed by atoms with Gasteiger partial charge in [0, 0.05) is 5.56 Å². The van der Waals surface area contributed by atoms with Crippen molar-refractivity contribution in [1.82, 2.24) is 0 Å². The van der Waals surface area contributed by atoms with E-state index >= 15 is 0 Å². The lowest BCUT2D eigenvalue weighted by Gasteiger charge is -2.25. The van der Waals surface area contributed by atoms with E-state index in [0.29, 0.717) is 6.54 Å². The van der Waals surface area contributed by atoms with E-state index in [0.717, 1.165) is 18.6 Å². The Bertz CT molecular complexity index is 399. The molecule has 0 bridgehead atoms. The lowest BCUT2D eigenvalue weighted by atomic mass is 9.78. The van der Waals surface area contributed by atoms with E-state index in [9.17, 15) is 0 Å². The second kappa shape index (κ2) is 4.57. The molecule has 0 saturated heterocycles. The first kappa shape index (κ1) is 11.0.